The Morgan fingerprint density at radius 2 is 2.18 bits per heavy atom. The SMILES string of the molecule is N#C/C(=C\c1ccccc1)C(=O)C1CCOC1. The number of rotatable bonds is 3. The molecule has 86 valence electrons. The number of benzene rings is 1. The highest BCUT2D eigenvalue weighted by molar-refractivity contribution is 6.04. The molecular weight excluding hydrogens is 214 g/mol. The van der Waals surface area contributed by atoms with Gasteiger partial charge in [0.25, 0.3) is 0 Å². The van der Waals surface area contributed by atoms with Crippen molar-refractivity contribution in [1.29, 1.82) is 5.26 Å². The van der Waals surface area contributed by atoms with Crippen LogP contribution in [0.25, 0.3) is 6.08 Å². The highest BCUT2D eigenvalue weighted by Crippen LogP contribution is 2.18. The Hall–Kier alpha value is -1.92. The summed E-state index contributed by atoms with van der Waals surface area (Å²) in [6.07, 6.45) is 2.35. The van der Waals surface area contributed by atoms with E-state index in [0.29, 0.717) is 19.6 Å². The second-order valence-corrected chi connectivity index (χ2v) is 4.01. The fourth-order valence-corrected chi connectivity index (χ4v) is 1.84. The number of Topliss-reactive ketones (excluding diaryl/α,β-unsaturated/α-hetero) is 1. The first kappa shape index (κ1) is 11.6. The van der Waals surface area contributed by atoms with Crippen LogP contribution in [0.15, 0.2) is 35.9 Å². The Balaban J connectivity index is 2.19. The van der Waals surface area contributed by atoms with Gasteiger partial charge in [0, 0.05) is 12.5 Å². The summed E-state index contributed by atoms with van der Waals surface area (Å²) in [7, 11) is 0. The van der Waals surface area contributed by atoms with Crippen molar-refractivity contribution in [2.45, 2.75) is 6.42 Å². The van der Waals surface area contributed by atoms with Crippen molar-refractivity contribution in [3.8, 4) is 6.07 Å². The normalized spacial score (nSPS) is 19.9. The summed E-state index contributed by atoms with van der Waals surface area (Å²) in [5.41, 5.74) is 1.09. The van der Waals surface area contributed by atoms with Crippen LogP contribution >= 0.6 is 0 Å². The van der Waals surface area contributed by atoms with Crippen LogP contribution in [0.2, 0.25) is 0 Å². The summed E-state index contributed by atoms with van der Waals surface area (Å²) in [5, 5.41) is 9.04. The zero-order valence-electron chi connectivity index (χ0n) is 9.43. The van der Waals surface area contributed by atoms with E-state index < -0.39 is 0 Å². The molecule has 1 aliphatic heterocycles. The van der Waals surface area contributed by atoms with Crippen molar-refractivity contribution in [1.82, 2.24) is 0 Å². The lowest BCUT2D eigenvalue weighted by Crippen LogP contribution is -2.15. The molecule has 1 atom stereocenters. The van der Waals surface area contributed by atoms with Crippen molar-refractivity contribution in [3.05, 3.63) is 41.5 Å². The predicted molar refractivity (Wildman–Crippen MR) is 64.0 cm³/mol. The number of ether oxygens (including phenoxy) is 1. The first-order valence-corrected chi connectivity index (χ1v) is 5.60. The van der Waals surface area contributed by atoms with E-state index in [9.17, 15) is 4.79 Å². The van der Waals surface area contributed by atoms with E-state index in [1.807, 2.05) is 36.4 Å². The van der Waals surface area contributed by atoms with Gasteiger partial charge in [0.15, 0.2) is 5.78 Å². The van der Waals surface area contributed by atoms with Crippen molar-refractivity contribution in [3.63, 3.8) is 0 Å². The highest BCUT2D eigenvalue weighted by Gasteiger charge is 2.26. The first-order valence-electron chi connectivity index (χ1n) is 5.60. The molecule has 1 fully saturated rings. The van der Waals surface area contributed by atoms with Crippen LogP contribution in [-0.2, 0) is 9.53 Å². The van der Waals surface area contributed by atoms with Gasteiger partial charge in [-0.15, -0.1) is 0 Å². The molecule has 3 heteroatoms. The van der Waals surface area contributed by atoms with E-state index in [4.69, 9.17) is 10.00 Å². The molecule has 0 spiro atoms. The number of nitrogens with zero attached hydrogens (tertiary/aromatic N) is 1. The van der Waals surface area contributed by atoms with E-state index in [-0.39, 0.29) is 17.3 Å². The number of carbonyl (C=O) groups is 1. The Morgan fingerprint density at radius 3 is 2.76 bits per heavy atom. The van der Waals surface area contributed by atoms with E-state index in [1.54, 1.807) is 6.08 Å². The Labute approximate surface area is 100 Å². The summed E-state index contributed by atoms with van der Waals surface area (Å²) < 4.78 is 5.17. The van der Waals surface area contributed by atoms with Crippen LogP contribution in [0.4, 0.5) is 0 Å². The van der Waals surface area contributed by atoms with Crippen molar-refractivity contribution in [2.24, 2.45) is 5.92 Å². The molecule has 17 heavy (non-hydrogen) atoms. The van der Waals surface area contributed by atoms with Crippen LogP contribution in [0, 0.1) is 17.2 Å². The average Bonchev–Trinajstić information content (AvgIpc) is 2.90. The van der Waals surface area contributed by atoms with Gasteiger partial charge in [-0.25, -0.2) is 0 Å². The number of allylic oxidation sites excluding steroid dienone is 1. The van der Waals surface area contributed by atoms with Crippen molar-refractivity contribution >= 4 is 11.9 Å². The standard InChI is InChI=1S/C14H13NO2/c15-9-13(8-11-4-2-1-3-5-11)14(16)12-6-7-17-10-12/h1-5,8,12H,6-7,10H2/b13-8+. The molecule has 1 unspecified atom stereocenters. The maximum Gasteiger partial charge on any atom is 0.178 e. The fraction of sp³-hybridized carbons (Fsp3) is 0.286. The van der Waals surface area contributed by atoms with Crippen LogP contribution in [0.1, 0.15) is 12.0 Å². The van der Waals surface area contributed by atoms with Crippen LogP contribution < -0.4 is 0 Å². The topological polar surface area (TPSA) is 50.1 Å². The molecule has 1 heterocycles. The van der Waals surface area contributed by atoms with Gasteiger partial charge in [0.05, 0.1) is 12.2 Å². The lowest BCUT2D eigenvalue weighted by atomic mass is 9.96. The van der Waals surface area contributed by atoms with E-state index in [1.165, 1.54) is 0 Å². The third-order valence-corrected chi connectivity index (χ3v) is 2.80. The maximum atomic E-state index is 12.0. The lowest BCUT2D eigenvalue weighted by Gasteiger charge is -2.04. The average molecular weight is 227 g/mol. The zero-order valence-corrected chi connectivity index (χ0v) is 9.43. The van der Waals surface area contributed by atoms with Gasteiger partial charge in [0.1, 0.15) is 6.07 Å². The molecule has 0 N–H and O–H groups in total. The lowest BCUT2D eigenvalue weighted by molar-refractivity contribution is -0.118. The number of nitriles is 1. The minimum Gasteiger partial charge on any atom is -0.381 e. The van der Waals surface area contributed by atoms with E-state index in [0.717, 1.165) is 5.56 Å². The van der Waals surface area contributed by atoms with Gasteiger partial charge in [-0.05, 0) is 18.1 Å². The molecule has 0 bridgehead atoms. The first-order chi connectivity index (χ1) is 8.31. The smallest absolute Gasteiger partial charge is 0.178 e. The van der Waals surface area contributed by atoms with Crippen molar-refractivity contribution < 1.29 is 9.53 Å². The van der Waals surface area contributed by atoms with Crippen molar-refractivity contribution in [2.75, 3.05) is 13.2 Å². The summed E-state index contributed by atoms with van der Waals surface area (Å²) in [5.74, 6) is -0.251. The number of hydrogen-bond donors (Lipinski definition) is 0. The monoisotopic (exact) mass is 227 g/mol. The minimum atomic E-state index is -0.149. The van der Waals surface area contributed by atoms with Crippen LogP contribution in [0.5, 0.6) is 0 Å². The molecule has 0 aromatic heterocycles. The molecule has 0 saturated carbocycles. The Kier molecular flexibility index (Phi) is 3.69. The van der Waals surface area contributed by atoms with Gasteiger partial charge in [-0.3, -0.25) is 4.79 Å². The van der Waals surface area contributed by atoms with Crippen LogP contribution in [-0.4, -0.2) is 19.0 Å². The zero-order chi connectivity index (χ0) is 12.1. The minimum absolute atomic E-state index is 0.103. The third kappa shape index (κ3) is 2.80. The molecule has 1 aliphatic rings. The third-order valence-electron chi connectivity index (χ3n) is 2.80. The summed E-state index contributed by atoms with van der Waals surface area (Å²) >= 11 is 0. The maximum absolute atomic E-state index is 12.0. The molecule has 2 rings (SSSR count). The molecule has 0 aliphatic carbocycles. The van der Waals surface area contributed by atoms with Gasteiger partial charge in [-0.1, -0.05) is 30.3 Å². The Bertz CT molecular complexity index is 465. The molecule has 1 aromatic carbocycles. The molecular formula is C14H13NO2. The summed E-state index contributed by atoms with van der Waals surface area (Å²) in [6, 6.07) is 11.4. The highest BCUT2D eigenvalue weighted by atomic mass is 16.5. The van der Waals surface area contributed by atoms with E-state index >= 15 is 0 Å². The molecule has 0 amide bonds. The number of ketones is 1. The summed E-state index contributed by atoms with van der Waals surface area (Å²) in [4.78, 5) is 12.0. The van der Waals surface area contributed by atoms with E-state index in [2.05, 4.69) is 0 Å². The van der Waals surface area contributed by atoms with Crippen LogP contribution in [0.3, 0.4) is 0 Å². The second kappa shape index (κ2) is 5.42. The molecule has 1 saturated heterocycles. The van der Waals surface area contributed by atoms with Gasteiger partial charge >= 0.3 is 0 Å². The largest absolute Gasteiger partial charge is 0.381 e. The second-order valence-electron chi connectivity index (χ2n) is 4.01. The fourth-order valence-electron chi connectivity index (χ4n) is 1.84. The quantitative estimate of drug-likeness (QED) is 0.587. The number of hydrogen-bond acceptors (Lipinski definition) is 3. The van der Waals surface area contributed by atoms with Gasteiger partial charge in [0.2, 0.25) is 0 Å². The molecule has 3 nitrogen and oxygen atoms in total. The van der Waals surface area contributed by atoms with Gasteiger partial charge < -0.3 is 4.74 Å². The molecule has 0 radical (unpaired) electrons. The molecule has 1 aromatic rings. The number of carbonyl (C=O) groups excluding carboxylic acids is 1. The predicted octanol–water partition coefficient (Wildman–Crippen LogP) is 2.20. The van der Waals surface area contributed by atoms with Gasteiger partial charge in [-0.2, -0.15) is 5.26 Å². The Morgan fingerprint density at radius 1 is 1.41 bits per heavy atom. The summed E-state index contributed by atoms with van der Waals surface area (Å²) in [6.45, 7) is 1.05.